The molecule has 0 atom stereocenters. The summed E-state index contributed by atoms with van der Waals surface area (Å²) in [6.07, 6.45) is 0.622. The van der Waals surface area contributed by atoms with Crippen LogP contribution in [0.25, 0.3) is 11.2 Å². The summed E-state index contributed by atoms with van der Waals surface area (Å²) in [7, 11) is 1.69. The normalized spacial score (nSPS) is 13.2. The molecular weight excluding hydrogens is 390 g/mol. The summed E-state index contributed by atoms with van der Waals surface area (Å²) in [4.78, 5) is 33.2. The van der Waals surface area contributed by atoms with Crippen LogP contribution in [0.3, 0.4) is 0 Å². The van der Waals surface area contributed by atoms with E-state index in [4.69, 9.17) is 4.98 Å². The zero-order chi connectivity index (χ0) is 21.7. The van der Waals surface area contributed by atoms with Gasteiger partial charge in [0.15, 0.2) is 11.2 Å². The number of imidazole rings is 1. The van der Waals surface area contributed by atoms with Crippen LogP contribution in [0, 0.1) is 13.8 Å². The van der Waals surface area contributed by atoms with Gasteiger partial charge in [0, 0.05) is 32.4 Å². The third-order valence-electron chi connectivity index (χ3n) is 5.99. The largest absolute Gasteiger partial charge is 0.332 e. The number of hydrogen-bond donors (Lipinski definition) is 0. The van der Waals surface area contributed by atoms with Crippen molar-refractivity contribution < 1.29 is 0 Å². The molecule has 0 bridgehead atoms. The monoisotopic (exact) mass is 415 g/mol. The number of aromatic nitrogens is 4. The molecule has 1 aliphatic heterocycles. The molecular formula is C24H25N5O2. The standard InChI is InChI=1S/C24H25N5O2/c1-16-13-17(2)15-19(14-16)27-11-12-28-20-21(25-23(27)28)26(3)24(31)29(22(20)30)10-9-18-7-5-4-6-8-18/h4-8,13-15H,9-12H2,1-3H3. The van der Waals surface area contributed by atoms with Gasteiger partial charge < -0.3 is 9.47 Å². The zero-order valence-electron chi connectivity index (χ0n) is 18.0. The molecule has 7 nitrogen and oxygen atoms in total. The minimum absolute atomic E-state index is 0.268. The SMILES string of the molecule is Cc1cc(C)cc(N2CCn3c2nc2c3c(=O)n(CCc3ccccc3)c(=O)n2C)c1. The van der Waals surface area contributed by atoms with E-state index in [0.29, 0.717) is 36.6 Å². The predicted octanol–water partition coefficient (Wildman–Crippen LogP) is 2.91. The summed E-state index contributed by atoms with van der Waals surface area (Å²) in [6.45, 7) is 5.89. The third kappa shape index (κ3) is 3.17. The highest BCUT2D eigenvalue weighted by molar-refractivity contribution is 5.78. The molecule has 0 aliphatic carbocycles. The van der Waals surface area contributed by atoms with Crippen molar-refractivity contribution in [2.24, 2.45) is 7.05 Å². The summed E-state index contributed by atoms with van der Waals surface area (Å²) in [5, 5.41) is 0. The molecule has 0 amide bonds. The Hall–Kier alpha value is -3.61. The highest BCUT2D eigenvalue weighted by atomic mass is 16.2. The Bertz CT molecular complexity index is 1390. The lowest BCUT2D eigenvalue weighted by Crippen LogP contribution is -2.40. The van der Waals surface area contributed by atoms with Crippen molar-refractivity contribution in [2.45, 2.75) is 33.4 Å². The fourth-order valence-corrected chi connectivity index (χ4v) is 4.51. The summed E-state index contributed by atoms with van der Waals surface area (Å²) >= 11 is 0. The topological polar surface area (TPSA) is 65.1 Å². The number of benzene rings is 2. The lowest BCUT2D eigenvalue weighted by atomic mass is 10.1. The van der Waals surface area contributed by atoms with Gasteiger partial charge in [-0.1, -0.05) is 36.4 Å². The molecule has 0 saturated heterocycles. The van der Waals surface area contributed by atoms with Crippen molar-refractivity contribution >= 4 is 22.8 Å². The van der Waals surface area contributed by atoms with Gasteiger partial charge in [0.1, 0.15) is 0 Å². The second-order valence-corrected chi connectivity index (χ2v) is 8.27. The van der Waals surface area contributed by atoms with Crippen LogP contribution in [0.15, 0.2) is 58.1 Å². The number of anilines is 2. The van der Waals surface area contributed by atoms with Gasteiger partial charge in [-0.15, -0.1) is 0 Å². The molecule has 5 rings (SSSR count). The molecule has 0 fully saturated rings. The first kappa shape index (κ1) is 19.4. The Balaban J connectivity index is 1.61. The maximum Gasteiger partial charge on any atom is 0.332 e. The molecule has 2 aromatic heterocycles. The van der Waals surface area contributed by atoms with Gasteiger partial charge in [0.05, 0.1) is 0 Å². The summed E-state index contributed by atoms with van der Waals surface area (Å²) in [6, 6.07) is 16.3. The lowest BCUT2D eigenvalue weighted by molar-refractivity contribution is 0.600. The van der Waals surface area contributed by atoms with E-state index >= 15 is 0 Å². The number of nitrogens with zero attached hydrogens (tertiary/aromatic N) is 5. The van der Waals surface area contributed by atoms with Gasteiger partial charge in [0.2, 0.25) is 5.95 Å². The van der Waals surface area contributed by atoms with E-state index in [1.165, 1.54) is 20.3 Å². The molecule has 0 saturated carbocycles. The quantitative estimate of drug-likeness (QED) is 0.514. The van der Waals surface area contributed by atoms with E-state index in [1.54, 1.807) is 7.05 Å². The highest BCUT2D eigenvalue weighted by Gasteiger charge is 2.28. The van der Waals surface area contributed by atoms with E-state index < -0.39 is 0 Å². The molecule has 0 N–H and O–H groups in total. The Morgan fingerprint density at radius 3 is 2.39 bits per heavy atom. The third-order valence-corrected chi connectivity index (χ3v) is 5.99. The van der Waals surface area contributed by atoms with E-state index in [0.717, 1.165) is 17.8 Å². The number of hydrogen-bond acceptors (Lipinski definition) is 4. The van der Waals surface area contributed by atoms with Crippen molar-refractivity contribution in [2.75, 3.05) is 11.4 Å². The van der Waals surface area contributed by atoms with Crippen LogP contribution in [-0.4, -0.2) is 25.2 Å². The summed E-state index contributed by atoms with van der Waals surface area (Å²) in [5.74, 6) is 0.716. The maximum atomic E-state index is 13.4. The Kier molecular flexibility index (Phi) is 4.54. The molecule has 2 aromatic carbocycles. The van der Waals surface area contributed by atoms with E-state index in [-0.39, 0.29) is 11.2 Å². The predicted molar refractivity (Wildman–Crippen MR) is 122 cm³/mol. The molecule has 7 heteroatoms. The molecule has 4 aromatic rings. The van der Waals surface area contributed by atoms with Crippen LogP contribution in [0.2, 0.25) is 0 Å². The second kappa shape index (κ2) is 7.27. The average molecular weight is 415 g/mol. The maximum absolute atomic E-state index is 13.4. The van der Waals surface area contributed by atoms with Crippen molar-refractivity contribution in [1.82, 2.24) is 18.7 Å². The van der Waals surface area contributed by atoms with Crippen molar-refractivity contribution in [3.05, 3.63) is 86.1 Å². The van der Waals surface area contributed by atoms with Crippen LogP contribution in [0.1, 0.15) is 16.7 Å². The fraction of sp³-hybridized carbons (Fsp3) is 0.292. The Labute approximate surface area is 179 Å². The van der Waals surface area contributed by atoms with Crippen LogP contribution in [0.5, 0.6) is 0 Å². The Morgan fingerprint density at radius 2 is 1.68 bits per heavy atom. The number of rotatable bonds is 4. The molecule has 158 valence electrons. The Morgan fingerprint density at radius 1 is 0.968 bits per heavy atom. The summed E-state index contributed by atoms with van der Waals surface area (Å²) < 4.78 is 4.78. The van der Waals surface area contributed by atoms with Gasteiger partial charge in [-0.05, 0) is 49.1 Å². The summed E-state index contributed by atoms with van der Waals surface area (Å²) in [5.41, 5.74) is 4.85. The molecule has 31 heavy (non-hydrogen) atoms. The van der Waals surface area contributed by atoms with Crippen molar-refractivity contribution in [3.8, 4) is 0 Å². The average Bonchev–Trinajstić information content (AvgIpc) is 3.31. The fourth-order valence-electron chi connectivity index (χ4n) is 4.51. The zero-order valence-corrected chi connectivity index (χ0v) is 18.0. The van der Waals surface area contributed by atoms with Gasteiger partial charge in [0.25, 0.3) is 5.56 Å². The first-order chi connectivity index (χ1) is 14.9. The van der Waals surface area contributed by atoms with Gasteiger partial charge in [-0.2, -0.15) is 4.98 Å². The van der Waals surface area contributed by atoms with Gasteiger partial charge in [-0.3, -0.25) is 13.9 Å². The molecule has 3 heterocycles. The number of aryl methyl sites for hydroxylation is 4. The lowest BCUT2D eigenvalue weighted by Gasteiger charge is -2.17. The molecule has 0 unspecified atom stereocenters. The van der Waals surface area contributed by atoms with Gasteiger partial charge in [-0.25, -0.2) is 4.79 Å². The van der Waals surface area contributed by atoms with Crippen LogP contribution >= 0.6 is 0 Å². The van der Waals surface area contributed by atoms with Crippen molar-refractivity contribution in [1.29, 1.82) is 0 Å². The molecule has 1 aliphatic rings. The van der Waals surface area contributed by atoms with Crippen LogP contribution < -0.4 is 16.1 Å². The van der Waals surface area contributed by atoms with Crippen molar-refractivity contribution in [3.63, 3.8) is 0 Å². The second-order valence-electron chi connectivity index (χ2n) is 8.27. The smallest absolute Gasteiger partial charge is 0.310 e. The minimum atomic E-state index is -0.330. The van der Waals surface area contributed by atoms with Crippen LogP contribution in [-0.2, 0) is 26.6 Å². The highest BCUT2D eigenvalue weighted by Crippen LogP contribution is 2.32. The molecule has 0 spiro atoms. The van der Waals surface area contributed by atoms with E-state index in [1.807, 2.05) is 34.9 Å². The number of fused-ring (bicyclic) bond motifs is 3. The van der Waals surface area contributed by atoms with Gasteiger partial charge >= 0.3 is 5.69 Å². The molecule has 0 radical (unpaired) electrons. The van der Waals surface area contributed by atoms with Crippen LogP contribution in [0.4, 0.5) is 11.6 Å². The first-order valence-electron chi connectivity index (χ1n) is 10.5. The van der Waals surface area contributed by atoms with E-state index in [9.17, 15) is 9.59 Å². The minimum Gasteiger partial charge on any atom is -0.310 e. The first-order valence-corrected chi connectivity index (χ1v) is 10.5. The van der Waals surface area contributed by atoms with E-state index in [2.05, 4.69) is 36.9 Å².